The summed E-state index contributed by atoms with van der Waals surface area (Å²) >= 11 is 1.65. The van der Waals surface area contributed by atoms with E-state index in [1.165, 1.54) is 5.69 Å². The number of hydrogen-bond donors (Lipinski definition) is 0. The molecule has 1 aromatic carbocycles. The zero-order valence-corrected chi connectivity index (χ0v) is 11.4. The largest absolute Gasteiger partial charge is 0.294 e. The van der Waals surface area contributed by atoms with Crippen molar-refractivity contribution in [1.29, 1.82) is 0 Å². The molecular weight excluding hydrogens is 272 g/mol. The van der Waals surface area contributed by atoms with Crippen molar-refractivity contribution in [2.24, 2.45) is 0 Å². The van der Waals surface area contributed by atoms with Gasteiger partial charge in [-0.25, -0.2) is 9.67 Å². The van der Waals surface area contributed by atoms with Gasteiger partial charge in [-0.2, -0.15) is 0 Å². The summed E-state index contributed by atoms with van der Waals surface area (Å²) in [6.07, 6.45) is 3.63. The van der Waals surface area contributed by atoms with E-state index in [0.717, 1.165) is 21.9 Å². The maximum absolute atomic E-state index is 4.65. The third kappa shape index (κ3) is 1.71. The van der Waals surface area contributed by atoms with Crippen LogP contribution in [0.15, 0.2) is 42.2 Å². The molecule has 7 heteroatoms. The van der Waals surface area contributed by atoms with E-state index in [2.05, 4.69) is 43.4 Å². The summed E-state index contributed by atoms with van der Waals surface area (Å²) in [5.74, 6) is 0. The van der Waals surface area contributed by atoms with E-state index < -0.39 is 0 Å². The van der Waals surface area contributed by atoms with Gasteiger partial charge in [0.1, 0.15) is 6.33 Å². The van der Waals surface area contributed by atoms with Crippen LogP contribution in [-0.2, 0) is 0 Å². The van der Waals surface area contributed by atoms with Crippen LogP contribution >= 0.6 is 11.3 Å². The molecule has 20 heavy (non-hydrogen) atoms. The molecule has 0 aliphatic heterocycles. The van der Waals surface area contributed by atoms with Gasteiger partial charge >= 0.3 is 0 Å². The highest BCUT2D eigenvalue weighted by Gasteiger charge is 2.08. The number of aromatic nitrogens is 6. The normalized spacial score (nSPS) is 11.2. The minimum Gasteiger partial charge on any atom is -0.294 e. The second kappa shape index (κ2) is 4.24. The van der Waals surface area contributed by atoms with Crippen LogP contribution in [0.25, 0.3) is 21.9 Å². The number of benzene rings is 1. The first-order chi connectivity index (χ1) is 9.81. The molecule has 0 atom stereocenters. The van der Waals surface area contributed by atoms with Crippen LogP contribution in [0.2, 0.25) is 0 Å². The van der Waals surface area contributed by atoms with E-state index in [9.17, 15) is 0 Å². The lowest BCUT2D eigenvalue weighted by Gasteiger charge is -2.01. The summed E-state index contributed by atoms with van der Waals surface area (Å²) in [5, 5.41) is 13.3. The van der Waals surface area contributed by atoms with Gasteiger partial charge in [-0.05, 0) is 29.5 Å². The lowest BCUT2D eigenvalue weighted by atomic mass is 10.1. The maximum atomic E-state index is 4.65. The molecule has 6 nitrogen and oxygen atoms in total. The second-order valence-electron chi connectivity index (χ2n) is 4.46. The fourth-order valence-corrected chi connectivity index (χ4v) is 2.97. The summed E-state index contributed by atoms with van der Waals surface area (Å²) in [6, 6.07) is 8.00. The maximum Gasteiger partial charge on any atom is 0.194 e. The molecule has 0 spiro atoms. The topological polar surface area (TPSA) is 60.9 Å². The number of hydrogen-bond acceptors (Lipinski definition) is 5. The van der Waals surface area contributed by atoms with Gasteiger partial charge in [0.25, 0.3) is 0 Å². The van der Waals surface area contributed by atoms with Crippen molar-refractivity contribution in [3.63, 3.8) is 0 Å². The standard InChI is InChI=1S/C13H10N6S/c1-9-7-20-13-15-12(6-18(9)13)10-3-2-4-11(5-10)19-8-14-16-17-19/h2-8H,1H3. The van der Waals surface area contributed by atoms with E-state index in [-0.39, 0.29) is 0 Å². The van der Waals surface area contributed by atoms with Gasteiger partial charge in [0.2, 0.25) is 0 Å². The number of tetrazole rings is 1. The highest BCUT2D eigenvalue weighted by Crippen LogP contribution is 2.24. The predicted octanol–water partition coefficient (Wildman–Crippen LogP) is 2.35. The molecule has 0 aliphatic carbocycles. The fourth-order valence-electron chi connectivity index (χ4n) is 2.12. The first-order valence-electron chi connectivity index (χ1n) is 6.08. The van der Waals surface area contributed by atoms with Crippen LogP contribution in [0.4, 0.5) is 0 Å². The molecule has 4 aromatic rings. The lowest BCUT2D eigenvalue weighted by Crippen LogP contribution is -1.95. The van der Waals surface area contributed by atoms with Crippen molar-refractivity contribution in [3.05, 3.63) is 47.9 Å². The Morgan fingerprint density at radius 1 is 1.25 bits per heavy atom. The molecule has 0 saturated carbocycles. The highest BCUT2D eigenvalue weighted by molar-refractivity contribution is 7.15. The van der Waals surface area contributed by atoms with E-state index in [1.54, 1.807) is 22.3 Å². The number of aryl methyl sites for hydroxylation is 1. The van der Waals surface area contributed by atoms with Gasteiger partial charge < -0.3 is 0 Å². The van der Waals surface area contributed by atoms with Gasteiger partial charge in [0.05, 0.1) is 11.4 Å². The minimum atomic E-state index is 0.917. The van der Waals surface area contributed by atoms with Crippen LogP contribution in [0.1, 0.15) is 5.69 Å². The Hall–Kier alpha value is -2.54. The average Bonchev–Trinajstić information content (AvgIpc) is 3.18. The Labute approximate surface area is 118 Å². The molecule has 0 radical (unpaired) electrons. The molecule has 0 unspecified atom stereocenters. The molecular formula is C13H10N6S. The Kier molecular flexibility index (Phi) is 2.40. The molecule has 0 aliphatic rings. The first-order valence-corrected chi connectivity index (χ1v) is 6.96. The van der Waals surface area contributed by atoms with Crippen LogP contribution in [0.5, 0.6) is 0 Å². The minimum absolute atomic E-state index is 0.917. The molecule has 0 amide bonds. The highest BCUT2D eigenvalue weighted by atomic mass is 32.1. The van der Waals surface area contributed by atoms with Crippen molar-refractivity contribution in [3.8, 4) is 16.9 Å². The smallest absolute Gasteiger partial charge is 0.194 e. The zero-order valence-electron chi connectivity index (χ0n) is 10.6. The van der Waals surface area contributed by atoms with Crippen molar-refractivity contribution < 1.29 is 0 Å². The summed E-state index contributed by atoms with van der Waals surface area (Å²) in [4.78, 5) is 5.65. The number of nitrogens with zero attached hydrogens (tertiary/aromatic N) is 6. The molecule has 0 fully saturated rings. The average molecular weight is 282 g/mol. The lowest BCUT2D eigenvalue weighted by molar-refractivity contribution is 0.789. The Morgan fingerprint density at radius 2 is 2.20 bits per heavy atom. The van der Waals surface area contributed by atoms with E-state index >= 15 is 0 Å². The van der Waals surface area contributed by atoms with Gasteiger partial charge in [-0.1, -0.05) is 12.1 Å². The SMILES string of the molecule is Cc1csc2nc(-c3cccc(-n4cnnn4)c3)cn12. The molecule has 3 aromatic heterocycles. The number of imidazole rings is 1. The van der Waals surface area contributed by atoms with Gasteiger partial charge in [0, 0.05) is 22.8 Å². The monoisotopic (exact) mass is 282 g/mol. The third-order valence-corrected chi connectivity index (χ3v) is 4.10. The number of thiazole rings is 1. The van der Waals surface area contributed by atoms with Crippen molar-refractivity contribution in [2.45, 2.75) is 6.92 Å². The van der Waals surface area contributed by atoms with Crippen molar-refractivity contribution in [2.75, 3.05) is 0 Å². The molecule has 0 N–H and O–H groups in total. The Balaban J connectivity index is 1.83. The van der Waals surface area contributed by atoms with E-state index in [1.807, 2.05) is 24.3 Å². The Bertz CT molecular complexity index is 873. The Morgan fingerprint density at radius 3 is 3.00 bits per heavy atom. The van der Waals surface area contributed by atoms with Gasteiger partial charge in [0.15, 0.2) is 4.96 Å². The van der Waals surface area contributed by atoms with Crippen molar-refractivity contribution >= 4 is 16.3 Å². The molecule has 98 valence electrons. The van der Waals surface area contributed by atoms with Crippen LogP contribution in [0, 0.1) is 6.92 Å². The summed E-state index contributed by atoms with van der Waals surface area (Å²) in [5.41, 5.74) is 4.11. The number of fused-ring (bicyclic) bond motifs is 1. The summed E-state index contributed by atoms with van der Waals surface area (Å²) in [7, 11) is 0. The van der Waals surface area contributed by atoms with Crippen LogP contribution < -0.4 is 0 Å². The quantitative estimate of drug-likeness (QED) is 0.566. The van der Waals surface area contributed by atoms with Gasteiger partial charge in [-0.3, -0.25) is 4.40 Å². The van der Waals surface area contributed by atoms with E-state index in [4.69, 9.17) is 0 Å². The first kappa shape index (κ1) is 11.3. The van der Waals surface area contributed by atoms with Crippen LogP contribution in [0.3, 0.4) is 0 Å². The fraction of sp³-hybridized carbons (Fsp3) is 0.0769. The van der Waals surface area contributed by atoms with E-state index in [0.29, 0.717) is 0 Å². The summed E-state index contributed by atoms with van der Waals surface area (Å²) < 4.78 is 3.73. The second-order valence-corrected chi connectivity index (χ2v) is 5.30. The van der Waals surface area contributed by atoms with Crippen molar-refractivity contribution in [1.82, 2.24) is 29.6 Å². The molecule has 3 heterocycles. The predicted molar refractivity (Wildman–Crippen MR) is 76.0 cm³/mol. The molecule has 0 bridgehead atoms. The molecule has 4 rings (SSSR count). The van der Waals surface area contributed by atoms with Crippen LogP contribution in [-0.4, -0.2) is 29.6 Å². The zero-order chi connectivity index (χ0) is 13.5. The van der Waals surface area contributed by atoms with Gasteiger partial charge in [-0.15, -0.1) is 16.4 Å². The third-order valence-electron chi connectivity index (χ3n) is 3.14. The molecule has 0 saturated heterocycles. The summed E-state index contributed by atoms with van der Waals surface area (Å²) in [6.45, 7) is 2.08. The number of rotatable bonds is 2.